The van der Waals surface area contributed by atoms with E-state index in [1.807, 2.05) is 0 Å². The lowest BCUT2D eigenvalue weighted by molar-refractivity contribution is -0.144. The normalized spacial score (nSPS) is 12.3. The van der Waals surface area contributed by atoms with E-state index in [-0.39, 0.29) is 19.1 Å². The first-order chi connectivity index (χ1) is 10.6. The summed E-state index contributed by atoms with van der Waals surface area (Å²) in [5, 5.41) is 4.96. The third kappa shape index (κ3) is 10.3. The van der Waals surface area contributed by atoms with Gasteiger partial charge in [0.25, 0.3) is 0 Å². The van der Waals surface area contributed by atoms with Gasteiger partial charge in [0.05, 0.1) is 6.61 Å². The van der Waals surface area contributed by atoms with Crippen LogP contribution in [0.15, 0.2) is 12.7 Å². The first-order valence-corrected chi connectivity index (χ1v) is 7.60. The molecule has 0 saturated heterocycles. The topological polar surface area (TPSA) is 93.7 Å². The predicted octanol–water partition coefficient (Wildman–Crippen LogP) is 1.77. The molecule has 0 aromatic carbocycles. The summed E-state index contributed by atoms with van der Waals surface area (Å²) in [6, 6.07) is -0.800. The average Bonchev–Trinajstić information content (AvgIpc) is 2.40. The van der Waals surface area contributed by atoms with Crippen molar-refractivity contribution in [1.29, 1.82) is 0 Å². The maximum Gasteiger partial charge on any atom is 0.408 e. The molecule has 0 rings (SSSR count). The van der Waals surface area contributed by atoms with Crippen LogP contribution >= 0.6 is 0 Å². The van der Waals surface area contributed by atoms with E-state index >= 15 is 0 Å². The molecule has 0 unspecified atom stereocenters. The van der Waals surface area contributed by atoms with Crippen LogP contribution < -0.4 is 10.6 Å². The molecule has 0 fully saturated rings. The summed E-state index contributed by atoms with van der Waals surface area (Å²) in [6.07, 6.45) is 1.50. The summed E-state index contributed by atoms with van der Waals surface area (Å²) in [5.74, 6) is -1.18. The summed E-state index contributed by atoms with van der Waals surface area (Å²) in [6.45, 7) is 12.2. The van der Waals surface area contributed by atoms with Crippen LogP contribution in [0.4, 0.5) is 4.79 Å². The van der Waals surface area contributed by atoms with Crippen LogP contribution in [0.2, 0.25) is 0 Å². The van der Waals surface area contributed by atoms with E-state index < -0.39 is 29.6 Å². The van der Waals surface area contributed by atoms with Crippen LogP contribution in [0.25, 0.3) is 0 Å². The lowest BCUT2D eigenvalue weighted by Gasteiger charge is -2.25. The maximum absolute atomic E-state index is 12.1. The number of hydrogen-bond donors (Lipinski definition) is 2. The number of esters is 1. The van der Waals surface area contributed by atoms with E-state index in [0.29, 0.717) is 6.42 Å². The van der Waals surface area contributed by atoms with Gasteiger partial charge in [0.15, 0.2) is 0 Å². The molecule has 7 nitrogen and oxygen atoms in total. The molecule has 0 saturated carbocycles. The monoisotopic (exact) mass is 328 g/mol. The molecule has 0 spiro atoms. The molecule has 0 aliphatic heterocycles. The Hall–Kier alpha value is -2.05. The Morgan fingerprint density at radius 1 is 1.22 bits per heavy atom. The Morgan fingerprint density at radius 2 is 1.83 bits per heavy atom. The summed E-state index contributed by atoms with van der Waals surface area (Å²) >= 11 is 0. The van der Waals surface area contributed by atoms with E-state index in [2.05, 4.69) is 17.2 Å². The van der Waals surface area contributed by atoms with E-state index in [9.17, 15) is 14.4 Å². The van der Waals surface area contributed by atoms with Gasteiger partial charge in [0.2, 0.25) is 5.91 Å². The molecule has 0 aromatic rings. The van der Waals surface area contributed by atoms with Gasteiger partial charge in [0.1, 0.15) is 18.2 Å². The smallest absolute Gasteiger partial charge is 0.408 e. The molecular weight excluding hydrogens is 300 g/mol. The lowest BCUT2D eigenvalue weighted by Crippen LogP contribution is -2.51. The van der Waals surface area contributed by atoms with E-state index in [4.69, 9.17) is 9.47 Å². The average molecular weight is 328 g/mol. The molecule has 23 heavy (non-hydrogen) atoms. The van der Waals surface area contributed by atoms with Crippen LogP contribution in [0, 0.1) is 5.92 Å². The summed E-state index contributed by atoms with van der Waals surface area (Å²) < 4.78 is 10.0. The van der Waals surface area contributed by atoms with Crippen molar-refractivity contribution in [3.8, 4) is 0 Å². The number of nitrogens with one attached hydrogen (secondary N) is 2. The van der Waals surface area contributed by atoms with Crippen molar-refractivity contribution < 1.29 is 23.9 Å². The predicted molar refractivity (Wildman–Crippen MR) is 86.8 cm³/mol. The number of carbonyl (C=O) groups excluding carboxylic acids is 3. The van der Waals surface area contributed by atoms with Crippen LogP contribution in [-0.2, 0) is 19.1 Å². The second kappa shape index (κ2) is 9.86. The van der Waals surface area contributed by atoms with Gasteiger partial charge in [-0.15, -0.1) is 6.58 Å². The number of carbonyl (C=O) groups is 3. The van der Waals surface area contributed by atoms with Crippen molar-refractivity contribution in [2.75, 3.05) is 13.2 Å². The highest BCUT2D eigenvalue weighted by Crippen LogP contribution is 2.08. The molecule has 0 radical (unpaired) electrons. The van der Waals surface area contributed by atoms with Gasteiger partial charge >= 0.3 is 12.1 Å². The number of amides is 2. The lowest BCUT2D eigenvalue weighted by atomic mass is 10.0. The third-order valence-electron chi connectivity index (χ3n) is 2.61. The van der Waals surface area contributed by atoms with Crippen molar-refractivity contribution in [3.05, 3.63) is 12.7 Å². The van der Waals surface area contributed by atoms with E-state index in [1.165, 1.54) is 0 Å². The zero-order chi connectivity index (χ0) is 18.0. The quantitative estimate of drug-likeness (QED) is 0.402. The van der Waals surface area contributed by atoms with E-state index in [0.717, 1.165) is 0 Å². The standard InChI is InChI=1S/C16H28N2O5/c1-7-8-9-22-12(19)10-17-14(20)13(11(2)3)18-15(21)23-16(4,5)6/h7,11,13H,1,8-10H2,2-6H3,(H,17,20)(H,18,21)/t13-/m0/s1. The van der Waals surface area contributed by atoms with E-state index in [1.54, 1.807) is 40.7 Å². The van der Waals surface area contributed by atoms with Crippen molar-refractivity contribution >= 4 is 18.0 Å². The Kier molecular flexibility index (Phi) is 8.98. The molecule has 0 aliphatic carbocycles. The fourth-order valence-electron chi connectivity index (χ4n) is 1.55. The van der Waals surface area contributed by atoms with Gasteiger partial charge in [-0.1, -0.05) is 19.9 Å². The SMILES string of the molecule is C=CCCOC(=O)CNC(=O)[C@@H](NC(=O)OC(C)(C)C)C(C)C. The van der Waals surface area contributed by atoms with Crippen molar-refractivity contribution in [3.63, 3.8) is 0 Å². The zero-order valence-electron chi connectivity index (χ0n) is 14.6. The molecular formula is C16H28N2O5. The Labute approximate surface area is 137 Å². The number of hydrogen-bond acceptors (Lipinski definition) is 5. The molecule has 0 bridgehead atoms. The molecule has 0 heterocycles. The highest BCUT2D eigenvalue weighted by Gasteiger charge is 2.27. The van der Waals surface area contributed by atoms with Gasteiger partial charge in [0, 0.05) is 0 Å². The van der Waals surface area contributed by atoms with Crippen LogP contribution in [0.3, 0.4) is 0 Å². The highest BCUT2D eigenvalue weighted by molar-refractivity contribution is 5.88. The first kappa shape index (κ1) is 20.9. The van der Waals surface area contributed by atoms with Gasteiger partial charge in [-0.25, -0.2) is 4.79 Å². The Morgan fingerprint density at radius 3 is 2.30 bits per heavy atom. The Balaban J connectivity index is 4.43. The Bertz CT molecular complexity index is 427. The van der Waals surface area contributed by atoms with Crippen molar-refractivity contribution in [1.82, 2.24) is 10.6 Å². The van der Waals surface area contributed by atoms with Gasteiger partial charge < -0.3 is 20.1 Å². The first-order valence-electron chi connectivity index (χ1n) is 7.60. The molecule has 0 aromatic heterocycles. The minimum atomic E-state index is -0.800. The van der Waals surface area contributed by atoms with Crippen LogP contribution in [0.5, 0.6) is 0 Å². The number of alkyl carbamates (subject to hydrolysis) is 1. The fraction of sp³-hybridized carbons (Fsp3) is 0.688. The fourth-order valence-corrected chi connectivity index (χ4v) is 1.55. The molecule has 0 aliphatic rings. The minimum Gasteiger partial charge on any atom is -0.464 e. The van der Waals surface area contributed by atoms with Gasteiger partial charge in [-0.2, -0.15) is 0 Å². The molecule has 2 N–H and O–H groups in total. The number of rotatable bonds is 8. The molecule has 7 heteroatoms. The second-order valence-corrected chi connectivity index (χ2v) is 6.38. The van der Waals surface area contributed by atoms with Crippen molar-refractivity contribution in [2.45, 2.75) is 52.7 Å². The minimum absolute atomic E-state index is 0.167. The highest BCUT2D eigenvalue weighted by atomic mass is 16.6. The number of ether oxygens (including phenoxy) is 2. The summed E-state index contributed by atoms with van der Waals surface area (Å²) in [7, 11) is 0. The maximum atomic E-state index is 12.1. The largest absolute Gasteiger partial charge is 0.464 e. The van der Waals surface area contributed by atoms with Gasteiger partial charge in [-0.3, -0.25) is 9.59 Å². The summed E-state index contributed by atoms with van der Waals surface area (Å²) in [4.78, 5) is 35.3. The van der Waals surface area contributed by atoms with Gasteiger partial charge in [-0.05, 0) is 33.1 Å². The zero-order valence-corrected chi connectivity index (χ0v) is 14.6. The van der Waals surface area contributed by atoms with Crippen LogP contribution in [0.1, 0.15) is 41.0 Å². The molecule has 2 amide bonds. The molecule has 132 valence electrons. The molecule has 1 atom stereocenters. The third-order valence-corrected chi connectivity index (χ3v) is 2.61. The summed E-state index contributed by atoms with van der Waals surface area (Å²) in [5.41, 5.74) is -0.656. The van der Waals surface area contributed by atoms with Crippen molar-refractivity contribution in [2.24, 2.45) is 5.92 Å². The van der Waals surface area contributed by atoms with Crippen LogP contribution in [-0.4, -0.2) is 42.8 Å². The second-order valence-electron chi connectivity index (χ2n) is 6.38.